The molecule has 1 aromatic heterocycles. The number of para-hydroxylation sites is 1. The number of aryl methyl sites for hydroxylation is 2. The average Bonchev–Trinajstić information content (AvgIpc) is 2.68. The molecule has 0 saturated carbocycles. The summed E-state index contributed by atoms with van der Waals surface area (Å²) in [6, 6.07) is 6.37. The Labute approximate surface area is 154 Å². The third-order valence-corrected chi connectivity index (χ3v) is 4.81. The maximum Gasteiger partial charge on any atom is 0.247 e. The van der Waals surface area contributed by atoms with Gasteiger partial charge in [0.2, 0.25) is 11.9 Å². The molecule has 7 heteroatoms. The van der Waals surface area contributed by atoms with E-state index in [-0.39, 0.29) is 5.91 Å². The number of benzene rings is 1. The molecule has 7 nitrogen and oxygen atoms in total. The van der Waals surface area contributed by atoms with Gasteiger partial charge in [0.15, 0.2) is 5.82 Å². The topological polar surface area (TPSA) is 74.2 Å². The standard InChI is InChI=1S/C19H26N6O/c1-4-15-7-6-8-16(5-2)18(15)21-17-13-20-23-19(22-17)25-11-9-24(10-12-25)14(3)26/h6-8,13H,4-5,9-12H2,1-3H3,(H,21,22,23). The first-order valence-electron chi connectivity index (χ1n) is 9.20. The van der Waals surface area contributed by atoms with E-state index in [4.69, 9.17) is 0 Å². The Morgan fingerprint density at radius 1 is 1.12 bits per heavy atom. The zero-order valence-corrected chi connectivity index (χ0v) is 15.7. The van der Waals surface area contributed by atoms with E-state index in [1.54, 1.807) is 13.1 Å². The number of carbonyl (C=O) groups is 1. The lowest BCUT2D eigenvalue weighted by Crippen LogP contribution is -2.48. The molecule has 0 radical (unpaired) electrons. The highest BCUT2D eigenvalue weighted by molar-refractivity contribution is 5.73. The van der Waals surface area contributed by atoms with Crippen molar-refractivity contribution in [2.75, 3.05) is 36.4 Å². The summed E-state index contributed by atoms with van der Waals surface area (Å²) in [5.41, 5.74) is 3.64. The highest BCUT2D eigenvalue weighted by Crippen LogP contribution is 2.26. The lowest BCUT2D eigenvalue weighted by molar-refractivity contribution is -0.129. The highest BCUT2D eigenvalue weighted by atomic mass is 16.2. The van der Waals surface area contributed by atoms with Gasteiger partial charge < -0.3 is 15.1 Å². The fraction of sp³-hybridized carbons (Fsp3) is 0.474. The Bertz CT molecular complexity index is 748. The van der Waals surface area contributed by atoms with Gasteiger partial charge in [0.1, 0.15) is 0 Å². The van der Waals surface area contributed by atoms with Crippen molar-refractivity contribution >= 4 is 23.4 Å². The van der Waals surface area contributed by atoms with Gasteiger partial charge in [-0.15, -0.1) is 5.10 Å². The molecular weight excluding hydrogens is 328 g/mol. The van der Waals surface area contributed by atoms with Crippen LogP contribution in [-0.4, -0.2) is 52.2 Å². The number of rotatable bonds is 5. The summed E-state index contributed by atoms with van der Waals surface area (Å²) < 4.78 is 0. The van der Waals surface area contributed by atoms with Crippen molar-refractivity contribution in [2.45, 2.75) is 33.6 Å². The molecule has 1 N–H and O–H groups in total. The normalized spacial score (nSPS) is 14.4. The fourth-order valence-corrected chi connectivity index (χ4v) is 3.24. The zero-order chi connectivity index (χ0) is 18.5. The second-order valence-corrected chi connectivity index (χ2v) is 6.42. The third kappa shape index (κ3) is 3.92. The first-order valence-corrected chi connectivity index (χ1v) is 9.20. The molecule has 0 spiro atoms. The molecule has 1 fully saturated rings. The maximum atomic E-state index is 11.5. The van der Waals surface area contributed by atoms with Gasteiger partial charge in [0.25, 0.3) is 0 Å². The van der Waals surface area contributed by atoms with Crippen LogP contribution in [0.2, 0.25) is 0 Å². The number of aromatic nitrogens is 3. The molecule has 1 aromatic carbocycles. The van der Waals surface area contributed by atoms with Crippen LogP contribution in [-0.2, 0) is 17.6 Å². The number of piperazine rings is 1. The average molecular weight is 354 g/mol. The van der Waals surface area contributed by atoms with Crippen molar-refractivity contribution in [3.8, 4) is 0 Å². The maximum absolute atomic E-state index is 11.5. The zero-order valence-electron chi connectivity index (χ0n) is 15.7. The van der Waals surface area contributed by atoms with Crippen LogP contribution in [0.5, 0.6) is 0 Å². The SMILES string of the molecule is CCc1cccc(CC)c1Nc1cnnc(N2CCN(C(C)=O)CC2)n1. The summed E-state index contributed by atoms with van der Waals surface area (Å²) in [7, 11) is 0. The van der Waals surface area contributed by atoms with Crippen molar-refractivity contribution in [1.82, 2.24) is 20.1 Å². The Kier molecular flexibility index (Phi) is 5.65. The molecular formula is C19H26N6O. The van der Waals surface area contributed by atoms with Crippen LogP contribution in [0.3, 0.4) is 0 Å². The first-order chi connectivity index (χ1) is 12.6. The largest absolute Gasteiger partial charge is 0.339 e. The smallest absolute Gasteiger partial charge is 0.247 e. The molecule has 0 aliphatic carbocycles. The minimum absolute atomic E-state index is 0.113. The molecule has 26 heavy (non-hydrogen) atoms. The second-order valence-electron chi connectivity index (χ2n) is 6.42. The number of nitrogens with zero attached hydrogens (tertiary/aromatic N) is 5. The van der Waals surface area contributed by atoms with Gasteiger partial charge in [0.05, 0.1) is 6.20 Å². The summed E-state index contributed by atoms with van der Waals surface area (Å²) in [4.78, 5) is 20.0. The number of amides is 1. The van der Waals surface area contributed by atoms with Crippen LogP contribution >= 0.6 is 0 Å². The summed E-state index contributed by atoms with van der Waals surface area (Å²) in [5.74, 6) is 1.41. The Hall–Kier alpha value is -2.70. The molecule has 1 saturated heterocycles. The Morgan fingerprint density at radius 2 is 1.77 bits per heavy atom. The highest BCUT2D eigenvalue weighted by Gasteiger charge is 2.21. The van der Waals surface area contributed by atoms with Gasteiger partial charge in [-0.3, -0.25) is 4.79 Å². The van der Waals surface area contributed by atoms with Crippen LogP contribution in [0.1, 0.15) is 31.9 Å². The van der Waals surface area contributed by atoms with E-state index in [2.05, 4.69) is 57.4 Å². The molecule has 0 bridgehead atoms. The molecule has 2 aromatic rings. The summed E-state index contributed by atoms with van der Waals surface area (Å²) in [6.07, 6.45) is 3.56. The second kappa shape index (κ2) is 8.12. The van der Waals surface area contributed by atoms with Crippen LogP contribution in [0.25, 0.3) is 0 Å². The predicted molar refractivity (Wildman–Crippen MR) is 103 cm³/mol. The van der Waals surface area contributed by atoms with E-state index >= 15 is 0 Å². The van der Waals surface area contributed by atoms with Crippen molar-refractivity contribution in [2.24, 2.45) is 0 Å². The van der Waals surface area contributed by atoms with E-state index in [0.29, 0.717) is 24.9 Å². The van der Waals surface area contributed by atoms with Gasteiger partial charge >= 0.3 is 0 Å². The predicted octanol–water partition coefficient (Wildman–Crippen LogP) is 2.41. The number of carbonyl (C=O) groups excluding carboxylic acids is 1. The molecule has 1 aliphatic heterocycles. The Balaban J connectivity index is 1.78. The van der Waals surface area contributed by atoms with E-state index in [1.165, 1.54) is 11.1 Å². The first kappa shape index (κ1) is 18.1. The fourth-order valence-electron chi connectivity index (χ4n) is 3.24. The van der Waals surface area contributed by atoms with Crippen LogP contribution < -0.4 is 10.2 Å². The lowest BCUT2D eigenvalue weighted by Gasteiger charge is -2.33. The van der Waals surface area contributed by atoms with E-state index in [0.717, 1.165) is 31.6 Å². The number of hydrogen-bond donors (Lipinski definition) is 1. The molecule has 138 valence electrons. The van der Waals surface area contributed by atoms with Gasteiger partial charge in [0, 0.05) is 38.8 Å². The van der Waals surface area contributed by atoms with Crippen LogP contribution in [0.4, 0.5) is 17.5 Å². The van der Waals surface area contributed by atoms with Crippen LogP contribution in [0.15, 0.2) is 24.4 Å². The molecule has 0 unspecified atom stereocenters. The van der Waals surface area contributed by atoms with Crippen LogP contribution in [0, 0.1) is 0 Å². The van der Waals surface area contributed by atoms with Crippen molar-refractivity contribution in [1.29, 1.82) is 0 Å². The summed E-state index contributed by atoms with van der Waals surface area (Å²) in [6.45, 7) is 8.72. The molecule has 1 aliphatic rings. The lowest BCUT2D eigenvalue weighted by atomic mass is 10.0. The Morgan fingerprint density at radius 3 is 2.35 bits per heavy atom. The van der Waals surface area contributed by atoms with E-state index in [1.807, 2.05) is 4.90 Å². The monoisotopic (exact) mass is 354 g/mol. The summed E-state index contributed by atoms with van der Waals surface area (Å²) >= 11 is 0. The van der Waals surface area contributed by atoms with E-state index < -0.39 is 0 Å². The number of anilines is 3. The molecule has 0 atom stereocenters. The van der Waals surface area contributed by atoms with Crippen molar-refractivity contribution < 1.29 is 4.79 Å². The van der Waals surface area contributed by atoms with E-state index in [9.17, 15) is 4.79 Å². The summed E-state index contributed by atoms with van der Waals surface area (Å²) in [5, 5.41) is 11.7. The number of nitrogens with one attached hydrogen (secondary N) is 1. The van der Waals surface area contributed by atoms with Gasteiger partial charge in [-0.1, -0.05) is 32.0 Å². The molecule has 1 amide bonds. The quantitative estimate of drug-likeness (QED) is 0.889. The van der Waals surface area contributed by atoms with Crippen molar-refractivity contribution in [3.05, 3.63) is 35.5 Å². The minimum Gasteiger partial charge on any atom is -0.339 e. The minimum atomic E-state index is 0.113. The van der Waals surface area contributed by atoms with Gasteiger partial charge in [-0.05, 0) is 24.0 Å². The van der Waals surface area contributed by atoms with Crippen molar-refractivity contribution in [3.63, 3.8) is 0 Å². The van der Waals surface area contributed by atoms with Gasteiger partial charge in [-0.25, -0.2) is 0 Å². The third-order valence-electron chi connectivity index (χ3n) is 4.81. The number of hydrogen-bond acceptors (Lipinski definition) is 6. The molecule has 2 heterocycles. The van der Waals surface area contributed by atoms with Gasteiger partial charge in [-0.2, -0.15) is 10.1 Å². The molecule has 3 rings (SSSR count).